The van der Waals surface area contributed by atoms with E-state index in [1.165, 1.54) is 0 Å². The molecular weight excluding hydrogens is 959 g/mol. The summed E-state index contributed by atoms with van der Waals surface area (Å²) in [7, 11) is 0. The highest BCUT2D eigenvalue weighted by Crippen LogP contribution is 2.67. The van der Waals surface area contributed by atoms with E-state index in [-0.39, 0.29) is 32.0 Å². The summed E-state index contributed by atoms with van der Waals surface area (Å²) in [5.74, 6) is 3.88. The highest BCUT2D eigenvalue weighted by atomic mass is 16.6. The molecule has 1 spiro atoms. The third-order valence-electron chi connectivity index (χ3n) is 15.9. The van der Waals surface area contributed by atoms with Gasteiger partial charge in [0, 0.05) is 49.7 Å². The fraction of sp³-hybridized carbons (Fsp3) is 0.344. The minimum atomic E-state index is -2.09. The van der Waals surface area contributed by atoms with Gasteiger partial charge in [-0.2, -0.15) is 0 Å². The first-order chi connectivity index (χ1) is 37.1. The van der Waals surface area contributed by atoms with E-state index in [4.69, 9.17) is 9.47 Å². The number of carbonyl (C=O) groups is 4. The molecule has 0 bridgehead atoms. The molecule has 4 amide bonds. The van der Waals surface area contributed by atoms with E-state index in [0.29, 0.717) is 59.9 Å². The van der Waals surface area contributed by atoms with Crippen LogP contribution in [0, 0.1) is 17.8 Å². The minimum absolute atomic E-state index is 0.103. The van der Waals surface area contributed by atoms with Crippen molar-refractivity contribution in [3.63, 3.8) is 0 Å². The first-order valence-corrected chi connectivity index (χ1v) is 26.4. The summed E-state index contributed by atoms with van der Waals surface area (Å²) in [5, 5.41) is 25.2. The standard InChI is InChI=1S/C61H61N7O8/c1-41(43-18-7-4-8-19-43)64-59(73)67-48-27-26-42(28-31-60(74)29-15-2-3-16-30-60)40-47(48)61(57(67)72)50(55(70)65-34-36-66(37-35-65)58-62-32-17-33-63-58)52-56(71)76-53(45-22-11-6-12-23-45)51(44-20-9-5-10-21-44)68(52)54(61)46-24-13-14-25-49(46)75-39-38-69/h4-14,17-27,32-33,40-41,50-54,69,74H,2-3,15-16,29-30,34-39H2,1H3,(H,64,73)/t41-,50-,51-,52-,53+,54+,61-/m1/s1. The molecule has 388 valence electrons. The zero-order chi connectivity index (χ0) is 52.4. The second kappa shape index (κ2) is 21.4. The molecule has 11 rings (SSSR count). The number of hydrogen-bond donors (Lipinski definition) is 3. The smallest absolute Gasteiger partial charge is 0.329 e. The second-order valence-corrected chi connectivity index (χ2v) is 20.4. The number of urea groups is 1. The van der Waals surface area contributed by atoms with Crippen LogP contribution in [0.2, 0.25) is 0 Å². The summed E-state index contributed by atoms with van der Waals surface area (Å²) in [5.41, 5.74) is 0.341. The quantitative estimate of drug-likeness (QED) is 0.0691. The van der Waals surface area contributed by atoms with Gasteiger partial charge in [-0.05, 0) is 85.2 Å². The zero-order valence-corrected chi connectivity index (χ0v) is 42.4. The number of cyclic esters (lactones) is 1. The maximum atomic E-state index is 17.1. The Hall–Kier alpha value is -7.90. The Kier molecular flexibility index (Phi) is 14.1. The lowest BCUT2D eigenvalue weighted by Gasteiger charge is -2.46. The Morgan fingerprint density at radius 2 is 1.43 bits per heavy atom. The number of imide groups is 1. The van der Waals surface area contributed by atoms with E-state index in [9.17, 15) is 10.2 Å². The molecule has 5 aliphatic rings. The number of carbonyl (C=O) groups excluding carboxylic acids is 4. The molecule has 76 heavy (non-hydrogen) atoms. The molecule has 0 radical (unpaired) electrons. The number of hydrogen-bond acceptors (Lipinski definition) is 12. The van der Waals surface area contributed by atoms with Crippen molar-refractivity contribution in [2.24, 2.45) is 5.92 Å². The predicted octanol–water partition coefficient (Wildman–Crippen LogP) is 7.77. The number of esters is 1. The van der Waals surface area contributed by atoms with Crippen LogP contribution in [-0.2, 0) is 24.5 Å². The van der Waals surface area contributed by atoms with Gasteiger partial charge in [-0.1, -0.05) is 134 Å². The number of ether oxygens (including phenoxy) is 2. The van der Waals surface area contributed by atoms with Crippen LogP contribution in [0.5, 0.6) is 5.75 Å². The van der Waals surface area contributed by atoms with Gasteiger partial charge in [0.1, 0.15) is 35.5 Å². The molecule has 5 aromatic carbocycles. The van der Waals surface area contributed by atoms with E-state index < -0.39 is 71.0 Å². The van der Waals surface area contributed by atoms with Crippen LogP contribution < -0.4 is 19.9 Å². The van der Waals surface area contributed by atoms with E-state index in [1.54, 1.807) is 53.7 Å². The van der Waals surface area contributed by atoms with Gasteiger partial charge in [0.15, 0.2) is 0 Å². The Morgan fingerprint density at radius 1 is 0.789 bits per heavy atom. The molecule has 3 N–H and O–H groups in total. The van der Waals surface area contributed by atoms with Crippen molar-refractivity contribution in [1.29, 1.82) is 0 Å². The molecular formula is C61H61N7O8. The third-order valence-corrected chi connectivity index (χ3v) is 15.9. The van der Waals surface area contributed by atoms with Gasteiger partial charge in [-0.3, -0.25) is 19.3 Å². The monoisotopic (exact) mass is 1020 g/mol. The van der Waals surface area contributed by atoms with Crippen molar-refractivity contribution < 1.29 is 38.9 Å². The highest BCUT2D eigenvalue weighted by molar-refractivity contribution is 6.24. The predicted molar refractivity (Wildman–Crippen MR) is 285 cm³/mol. The summed E-state index contributed by atoms with van der Waals surface area (Å²) in [6.45, 7) is 2.53. The highest BCUT2D eigenvalue weighted by Gasteiger charge is 2.76. The average molecular weight is 1020 g/mol. The van der Waals surface area contributed by atoms with E-state index >= 15 is 19.2 Å². The van der Waals surface area contributed by atoms with Crippen molar-refractivity contribution in [3.8, 4) is 17.6 Å². The first kappa shape index (κ1) is 50.3. The SMILES string of the molecule is C[C@@H](NC(=O)N1C(=O)[C@@]2(c3cc(C#CC4(O)CCCCCC4)ccc31)[C@H](c1ccccc1OCCO)N1[C@H](c3ccccc3)[C@H](c3ccccc3)OC(=O)[C@H]1[C@@H]2C(=O)N1CCN(c2ncccn2)CC1)c1ccccc1. The van der Waals surface area contributed by atoms with Gasteiger partial charge < -0.3 is 34.8 Å². The molecule has 6 aromatic rings. The molecule has 15 nitrogen and oxygen atoms in total. The van der Waals surface area contributed by atoms with Gasteiger partial charge in [-0.25, -0.2) is 19.7 Å². The molecule has 4 aliphatic heterocycles. The number of para-hydroxylation sites is 1. The maximum Gasteiger partial charge on any atom is 0.329 e. The fourth-order valence-electron chi connectivity index (χ4n) is 12.4. The lowest BCUT2D eigenvalue weighted by Crippen LogP contribution is -2.59. The number of benzene rings is 5. The van der Waals surface area contributed by atoms with Crippen LogP contribution in [0.1, 0.15) is 103 Å². The summed E-state index contributed by atoms with van der Waals surface area (Å²) in [4.78, 5) is 80.6. The Labute approximate surface area is 442 Å². The van der Waals surface area contributed by atoms with Gasteiger partial charge in [0.2, 0.25) is 17.8 Å². The van der Waals surface area contributed by atoms with Crippen LogP contribution in [0.3, 0.4) is 0 Å². The zero-order valence-electron chi connectivity index (χ0n) is 42.4. The maximum absolute atomic E-state index is 17.1. The number of rotatable bonds is 10. The number of anilines is 2. The topological polar surface area (TPSA) is 178 Å². The Bertz CT molecular complexity index is 3140. The fourth-order valence-corrected chi connectivity index (χ4v) is 12.4. The summed E-state index contributed by atoms with van der Waals surface area (Å²) in [6, 6.07) is 37.9. The minimum Gasteiger partial charge on any atom is -0.491 e. The number of nitrogens with zero attached hydrogens (tertiary/aromatic N) is 6. The molecule has 1 aromatic heterocycles. The molecule has 1 saturated carbocycles. The lowest BCUT2D eigenvalue weighted by molar-refractivity contribution is -0.179. The van der Waals surface area contributed by atoms with Crippen LogP contribution in [0.4, 0.5) is 16.4 Å². The largest absolute Gasteiger partial charge is 0.491 e. The van der Waals surface area contributed by atoms with Crippen LogP contribution in [0.15, 0.2) is 152 Å². The number of aromatic nitrogens is 2. The van der Waals surface area contributed by atoms with Crippen molar-refractivity contribution >= 4 is 35.5 Å². The number of fused-ring (bicyclic) bond motifs is 3. The molecule has 0 unspecified atom stereocenters. The second-order valence-electron chi connectivity index (χ2n) is 20.4. The number of piperazine rings is 1. The van der Waals surface area contributed by atoms with Crippen LogP contribution in [-0.4, -0.2) is 105 Å². The number of morpholine rings is 1. The van der Waals surface area contributed by atoms with Crippen LogP contribution in [0.25, 0.3) is 0 Å². The number of nitrogens with one attached hydrogen (secondary N) is 1. The Balaban J connectivity index is 1.18. The van der Waals surface area contributed by atoms with Crippen molar-refractivity contribution in [3.05, 3.63) is 185 Å². The number of aliphatic hydroxyl groups is 2. The van der Waals surface area contributed by atoms with Crippen molar-refractivity contribution in [2.45, 2.75) is 86.7 Å². The first-order valence-electron chi connectivity index (χ1n) is 26.4. The molecule has 4 fully saturated rings. The average Bonchev–Trinajstić information content (AvgIpc) is 3.82. The number of amides is 4. The number of aliphatic hydroxyl groups excluding tert-OH is 1. The summed E-state index contributed by atoms with van der Waals surface area (Å²) >= 11 is 0. The molecule has 1 aliphatic carbocycles. The molecule has 15 heteroatoms. The molecule has 7 atom stereocenters. The van der Waals surface area contributed by atoms with Gasteiger partial charge >= 0.3 is 12.0 Å². The summed E-state index contributed by atoms with van der Waals surface area (Å²) < 4.78 is 13.1. The van der Waals surface area contributed by atoms with E-state index in [2.05, 4.69) is 27.1 Å². The van der Waals surface area contributed by atoms with Gasteiger partial charge in [0.05, 0.1) is 36.3 Å². The normalized spacial score (nSPS) is 24.4. The summed E-state index contributed by atoms with van der Waals surface area (Å²) in [6.07, 6.45) is 7.06. The van der Waals surface area contributed by atoms with Crippen molar-refractivity contribution in [2.75, 3.05) is 49.2 Å². The molecule has 5 heterocycles. The van der Waals surface area contributed by atoms with Gasteiger partial charge in [-0.15, -0.1) is 0 Å². The Morgan fingerprint density at radius 3 is 2.12 bits per heavy atom. The van der Waals surface area contributed by atoms with Crippen molar-refractivity contribution in [1.82, 2.24) is 25.1 Å². The molecule has 3 saturated heterocycles. The van der Waals surface area contributed by atoms with Gasteiger partial charge in [0.25, 0.3) is 0 Å². The third kappa shape index (κ3) is 9.14. The van der Waals surface area contributed by atoms with Crippen LogP contribution >= 0.6 is 0 Å². The van der Waals surface area contributed by atoms with E-state index in [1.807, 2.05) is 120 Å². The lowest BCUT2D eigenvalue weighted by atomic mass is 9.64. The van der Waals surface area contributed by atoms with E-state index in [0.717, 1.165) is 41.7 Å².